The molecule has 0 spiro atoms. The molecule has 19 heavy (non-hydrogen) atoms. The number of carboxylic acid groups (broad SMARTS) is 1. The van der Waals surface area contributed by atoms with Gasteiger partial charge in [0.2, 0.25) is 5.91 Å². The fourth-order valence-corrected chi connectivity index (χ4v) is 1.67. The third-order valence-electron chi connectivity index (χ3n) is 2.61. The van der Waals surface area contributed by atoms with Crippen LogP contribution in [-0.2, 0) is 16.1 Å². The molecule has 0 fully saturated rings. The van der Waals surface area contributed by atoms with E-state index in [9.17, 15) is 9.59 Å². The molecular formula is C14H16N2O3. The van der Waals surface area contributed by atoms with Crippen LogP contribution in [0.5, 0.6) is 0 Å². The standard InChI is InChI=1S/C14H16N2O3/c15-9-10-16(11-12-5-2-1-3-6-12)13(17)7-4-8-14(18)19/h1-3,5-6H,4,7-8,10-11H2,(H,18,19). The zero-order valence-electron chi connectivity index (χ0n) is 10.6. The number of benzene rings is 1. The van der Waals surface area contributed by atoms with Gasteiger partial charge in [-0.2, -0.15) is 5.26 Å². The van der Waals surface area contributed by atoms with Crippen molar-refractivity contribution in [1.82, 2.24) is 4.90 Å². The lowest BCUT2D eigenvalue weighted by Crippen LogP contribution is -2.30. The maximum absolute atomic E-state index is 11.9. The molecule has 0 aliphatic carbocycles. The largest absolute Gasteiger partial charge is 0.481 e. The number of carboxylic acids is 1. The first-order chi connectivity index (χ1) is 9.13. The maximum Gasteiger partial charge on any atom is 0.303 e. The van der Waals surface area contributed by atoms with E-state index >= 15 is 0 Å². The molecule has 0 saturated carbocycles. The number of nitriles is 1. The van der Waals surface area contributed by atoms with Crippen molar-refractivity contribution in [1.29, 1.82) is 5.26 Å². The lowest BCUT2D eigenvalue weighted by atomic mass is 10.2. The van der Waals surface area contributed by atoms with Crippen LogP contribution in [0.25, 0.3) is 0 Å². The summed E-state index contributed by atoms with van der Waals surface area (Å²) in [6, 6.07) is 11.3. The van der Waals surface area contributed by atoms with E-state index in [0.29, 0.717) is 13.0 Å². The molecule has 1 aromatic carbocycles. The Morgan fingerprint density at radius 2 is 1.89 bits per heavy atom. The quantitative estimate of drug-likeness (QED) is 0.758. The van der Waals surface area contributed by atoms with E-state index < -0.39 is 5.97 Å². The molecule has 100 valence electrons. The minimum absolute atomic E-state index is 0.0147. The van der Waals surface area contributed by atoms with Crippen LogP contribution in [0.15, 0.2) is 30.3 Å². The highest BCUT2D eigenvalue weighted by atomic mass is 16.4. The summed E-state index contributed by atoms with van der Waals surface area (Å²) in [5, 5.41) is 17.3. The Morgan fingerprint density at radius 3 is 2.47 bits per heavy atom. The molecule has 0 heterocycles. The number of hydrogen-bond donors (Lipinski definition) is 1. The van der Waals surface area contributed by atoms with Gasteiger partial charge in [-0.15, -0.1) is 0 Å². The highest BCUT2D eigenvalue weighted by molar-refractivity contribution is 5.77. The van der Waals surface area contributed by atoms with Crippen molar-refractivity contribution in [2.24, 2.45) is 0 Å². The molecule has 0 aliphatic rings. The van der Waals surface area contributed by atoms with E-state index in [1.54, 1.807) is 0 Å². The summed E-state index contributed by atoms with van der Waals surface area (Å²) in [6.07, 6.45) is 0.420. The molecule has 1 amide bonds. The molecule has 0 unspecified atom stereocenters. The molecular weight excluding hydrogens is 244 g/mol. The van der Waals surface area contributed by atoms with Crippen LogP contribution in [0.4, 0.5) is 0 Å². The van der Waals surface area contributed by atoms with Crippen molar-refractivity contribution < 1.29 is 14.7 Å². The monoisotopic (exact) mass is 260 g/mol. The van der Waals surface area contributed by atoms with Crippen LogP contribution in [0, 0.1) is 11.3 Å². The SMILES string of the molecule is N#CCN(Cc1ccccc1)C(=O)CCCC(=O)O. The minimum Gasteiger partial charge on any atom is -0.481 e. The molecule has 5 heteroatoms. The van der Waals surface area contributed by atoms with Gasteiger partial charge in [-0.05, 0) is 12.0 Å². The van der Waals surface area contributed by atoms with E-state index in [4.69, 9.17) is 10.4 Å². The molecule has 0 aliphatic heterocycles. The summed E-state index contributed by atoms with van der Waals surface area (Å²) >= 11 is 0. The third-order valence-corrected chi connectivity index (χ3v) is 2.61. The average molecular weight is 260 g/mol. The van der Waals surface area contributed by atoms with Crippen LogP contribution in [0.1, 0.15) is 24.8 Å². The lowest BCUT2D eigenvalue weighted by Gasteiger charge is -2.19. The lowest BCUT2D eigenvalue weighted by molar-refractivity contribution is -0.137. The normalized spacial score (nSPS) is 9.63. The van der Waals surface area contributed by atoms with Gasteiger partial charge in [0, 0.05) is 19.4 Å². The Hall–Kier alpha value is -2.35. The topological polar surface area (TPSA) is 81.4 Å². The number of aliphatic carboxylic acids is 1. The van der Waals surface area contributed by atoms with Crippen molar-refractivity contribution in [2.45, 2.75) is 25.8 Å². The fourth-order valence-electron chi connectivity index (χ4n) is 1.67. The zero-order valence-corrected chi connectivity index (χ0v) is 10.6. The van der Waals surface area contributed by atoms with E-state index in [-0.39, 0.29) is 25.3 Å². The van der Waals surface area contributed by atoms with Crippen LogP contribution in [-0.4, -0.2) is 28.4 Å². The van der Waals surface area contributed by atoms with Gasteiger partial charge in [-0.25, -0.2) is 0 Å². The number of carbonyl (C=O) groups excluding carboxylic acids is 1. The summed E-state index contributed by atoms with van der Waals surface area (Å²) < 4.78 is 0. The molecule has 1 aromatic rings. The molecule has 1 N–H and O–H groups in total. The Balaban J connectivity index is 2.54. The van der Waals surface area contributed by atoms with Crippen molar-refractivity contribution in [2.75, 3.05) is 6.54 Å². The maximum atomic E-state index is 11.9. The van der Waals surface area contributed by atoms with Gasteiger partial charge >= 0.3 is 5.97 Å². The minimum atomic E-state index is -0.914. The molecule has 0 aromatic heterocycles. The first-order valence-corrected chi connectivity index (χ1v) is 6.04. The van der Waals surface area contributed by atoms with Gasteiger partial charge in [-0.1, -0.05) is 30.3 Å². The Bertz CT molecular complexity index is 465. The Morgan fingerprint density at radius 1 is 1.21 bits per heavy atom. The van der Waals surface area contributed by atoms with Gasteiger partial charge in [0.15, 0.2) is 0 Å². The van der Waals surface area contributed by atoms with Crippen molar-refractivity contribution in [3.63, 3.8) is 0 Å². The summed E-state index contributed by atoms with van der Waals surface area (Å²) in [5.41, 5.74) is 0.948. The van der Waals surface area contributed by atoms with Gasteiger partial charge in [-0.3, -0.25) is 9.59 Å². The van der Waals surface area contributed by atoms with Crippen molar-refractivity contribution in [3.05, 3.63) is 35.9 Å². The summed E-state index contributed by atoms with van der Waals surface area (Å²) in [4.78, 5) is 23.7. The molecule has 1 rings (SSSR count). The van der Waals surface area contributed by atoms with E-state index in [2.05, 4.69) is 0 Å². The van der Waals surface area contributed by atoms with E-state index in [1.165, 1.54) is 4.90 Å². The van der Waals surface area contributed by atoms with Crippen LogP contribution >= 0.6 is 0 Å². The highest BCUT2D eigenvalue weighted by Crippen LogP contribution is 2.07. The van der Waals surface area contributed by atoms with Gasteiger partial charge in [0.25, 0.3) is 0 Å². The van der Waals surface area contributed by atoms with Crippen LogP contribution in [0.3, 0.4) is 0 Å². The van der Waals surface area contributed by atoms with E-state index in [1.807, 2.05) is 36.4 Å². The molecule has 5 nitrogen and oxygen atoms in total. The number of rotatable bonds is 7. The summed E-state index contributed by atoms with van der Waals surface area (Å²) in [6.45, 7) is 0.390. The highest BCUT2D eigenvalue weighted by Gasteiger charge is 2.13. The Labute approximate surface area is 112 Å². The smallest absolute Gasteiger partial charge is 0.303 e. The van der Waals surface area contributed by atoms with Gasteiger partial charge in [0.05, 0.1) is 6.07 Å². The molecule has 0 radical (unpaired) electrons. The van der Waals surface area contributed by atoms with Gasteiger partial charge < -0.3 is 10.0 Å². The zero-order chi connectivity index (χ0) is 14.1. The Kier molecular flexibility index (Phi) is 6.10. The molecule has 0 atom stereocenters. The van der Waals surface area contributed by atoms with E-state index in [0.717, 1.165) is 5.56 Å². The third kappa shape index (κ3) is 5.68. The summed E-state index contributed by atoms with van der Waals surface area (Å²) in [5.74, 6) is -1.10. The second-order valence-corrected chi connectivity index (χ2v) is 4.14. The first kappa shape index (κ1) is 14.7. The van der Waals surface area contributed by atoms with Gasteiger partial charge in [0.1, 0.15) is 6.54 Å². The number of nitrogens with zero attached hydrogens (tertiary/aromatic N) is 2. The molecule has 0 bridgehead atoms. The molecule has 0 saturated heterocycles. The number of amides is 1. The second kappa shape index (κ2) is 7.88. The number of hydrogen-bond acceptors (Lipinski definition) is 3. The average Bonchev–Trinajstić information content (AvgIpc) is 2.39. The predicted molar refractivity (Wildman–Crippen MR) is 69.0 cm³/mol. The predicted octanol–water partition coefficient (Wildman–Crippen LogP) is 1.79. The number of carbonyl (C=O) groups is 2. The van der Waals surface area contributed by atoms with Crippen LogP contribution < -0.4 is 0 Å². The second-order valence-electron chi connectivity index (χ2n) is 4.14. The fraction of sp³-hybridized carbons (Fsp3) is 0.357. The van der Waals surface area contributed by atoms with Crippen molar-refractivity contribution >= 4 is 11.9 Å². The van der Waals surface area contributed by atoms with Crippen LogP contribution in [0.2, 0.25) is 0 Å². The summed E-state index contributed by atoms with van der Waals surface area (Å²) in [7, 11) is 0. The van der Waals surface area contributed by atoms with Crippen molar-refractivity contribution in [3.8, 4) is 6.07 Å². The first-order valence-electron chi connectivity index (χ1n) is 6.04.